The summed E-state index contributed by atoms with van der Waals surface area (Å²) in [7, 11) is -6.34. The Morgan fingerprint density at radius 1 is 0.484 bits per heavy atom. The van der Waals surface area contributed by atoms with Crippen LogP contribution in [-0.2, 0) is 55.3 Å². The monoisotopic (exact) mass is 1260 g/mol. The third-order valence-electron chi connectivity index (χ3n) is 15.5. The summed E-state index contributed by atoms with van der Waals surface area (Å²) >= 11 is 0. The highest BCUT2D eigenvalue weighted by Crippen LogP contribution is 2.32. The van der Waals surface area contributed by atoms with Gasteiger partial charge in [-0.3, -0.25) is 4.79 Å². The number of fused-ring (bicyclic) bond motifs is 2. The van der Waals surface area contributed by atoms with Crippen molar-refractivity contribution in [3.8, 4) is 22.3 Å². The molecular formula is C74H78N4O11S2. The molecule has 0 atom stereocenters. The molecule has 10 rings (SSSR count). The van der Waals surface area contributed by atoms with Crippen molar-refractivity contribution in [2.24, 2.45) is 5.73 Å². The van der Waals surface area contributed by atoms with Crippen LogP contribution in [0.3, 0.4) is 0 Å². The Balaban J connectivity index is 0.000000203. The number of nitrogens with zero attached hydrogens (tertiary/aromatic N) is 2. The number of carboxylic acids is 1. The molecule has 2 heterocycles. The number of carboxylic acid groups (broad SMARTS) is 1. The van der Waals surface area contributed by atoms with E-state index in [0.717, 1.165) is 88.8 Å². The normalized spacial score (nSPS) is 11.7. The van der Waals surface area contributed by atoms with Crippen molar-refractivity contribution in [2.75, 3.05) is 12.5 Å². The van der Waals surface area contributed by atoms with Gasteiger partial charge in [0.05, 0.1) is 26.5 Å². The summed E-state index contributed by atoms with van der Waals surface area (Å²) in [6.07, 6.45) is 2.35. The number of rotatable bonds is 15. The molecule has 1 amide bonds. The van der Waals surface area contributed by atoms with E-state index in [1.165, 1.54) is 12.5 Å². The number of carbonyl (C=O) groups excluding carboxylic acids is 3. The number of benzene rings is 8. The van der Waals surface area contributed by atoms with E-state index in [1.54, 1.807) is 72.8 Å². The Morgan fingerprint density at radius 2 is 0.846 bits per heavy atom. The number of nitrogens with one attached hydrogen (secondary N) is 1. The van der Waals surface area contributed by atoms with Crippen LogP contribution >= 0.6 is 0 Å². The van der Waals surface area contributed by atoms with Crippen LogP contribution < -0.4 is 11.1 Å². The number of aromatic carboxylic acids is 1. The van der Waals surface area contributed by atoms with E-state index >= 15 is 0 Å². The fraction of sp³-hybridized carbons (Fsp3) is 0.243. The summed E-state index contributed by atoms with van der Waals surface area (Å²) in [6.45, 7) is 21.4. The second kappa shape index (κ2) is 27.8. The molecule has 4 N–H and O–H groups in total. The van der Waals surface area contributed by atoms with Gasteiger partial charge in [0.25, 0.3) is 5.91 Å². The number of ether oxygens (including phenoxy) is 2. The number of amides is 1. The molecule has 17 heteroatoms. The van der Waals surface area contributed by atoms with E-state index < -0.39 is 36.8 Å². The Hall–Kier alpha value is -9.42. The number of carbonyl (C=O) groups is 4. The van der Waals surface area contributed by atoms with Crippen molar-refractivity contribution in [3.63, 3.8) is 0 Å². The summed E-state index contributed by atoms with van der Waals surface area (Å²) in [5.41, 5.74) is 20.1. The Morgan fingerprint density at radius 3 is 1.22 bits per heavy atom. The van der Waals surface area contributed by atoms with E-state index in [4.69, 9.17) is 15.2 Å². The van der Waals surface area contributed by atoms with Crippen molar-refractivity contribution < 1.29 is 50.6 Å². The summed E-state index contributed by atoms with van der Waals surface area (Å²) in [5.74, 6) is -1.80. The van der Waals surface area contributed by atoms with Crippen LogP contribution in [0.15, 0.2) is 192 Å². The van der Waals surface area contributed by atoms with Gasteiger partial charge < -0.3 is 34.8 Å². The van der Waals surface area contributed by atoms with E-state index in [1.807, 2.05) is 133 Å². The summed E-state index contributed by atoms with van der Waals surface area (Å²) in [5, 5.41) is 14.2. The van der Waals surface area contributed by atoms with Crippen LogP contribution in [0.1, 0.15) is 128 Å². The maximum atomic E-state index is 13.0. The van der Waals surface area contributed by atoms with Gasteiger partial charge in [-0.05, 0) is 198 Å². The van der Waals surface area contributed by atoms with Crippen LogP contribution in [-0.4, -0.2) is 78.6 Å². The number of aromatic nitrogens is 2. The Labute approximate surface area is 533 Å². The highest BCUT2D eigenvalue weighted by atomic mass is 32.2. The van der Waals surface area contributed by atoms with Crippen LogP contribution in [0.4, 0.5) is 0 Å². The van der Waals surface area contributed by atoms with Crippen LogP contribution in [0.2, 0.25) is 0 Å². The molecule has 0 spiro atoms. The highest BCUT2D eigenvalue weighted by Gasteiger charge is 2.23. The molecule has 10 aromatic rings. The first-order chi connectivity index (χ1) is 42.8. The molecule has 0 aliphatic heterocycles. The second-order valence-corrected chi connectivity index (χ2v) is 28.6. The number of aryl methyl sites for hydroxylation is 2. The van der Waals surface area contributed by atoms with Gasteiger partial charge >= 0.3 is 17.9 Å². The lowest BCUT2D eigenvalue weighted by Gasteiger charge is -2.20. The molecule has 0 aliphatic rings. The fourth-order valence-electron chi connectivity index (χ4n) is 10.4. The van der Waals surface area contributed by atoms with Crippen molar-refractivity contribution in [1.82, 2.24) is 14.5 Å². The maximum absolute atomic E-state index is 13.0. The van der Waals surface area contributed by atoms with Crippen molar-refractivity contribution >= 4 is 65.3 Å². The fourth-order valence-corrected chi connectivity index (χ4v) is 11.7. The topological polar surface area (TPSA) is 223 Å². The quantitative estimate of drug-likeness (QED) is 0.0816. The Kier molecular flexibility index (Phi) is 20.6. The number of sulfone groups is 2. The standard InChI is InChI=1S/C37H38N2O5S.C29H29NO4.C8H11NO2S/c1-24-25(2)39(23-27-11-15-28(16-12-27)31-9-7-8-10-32(31)36(41)44-37(3,4)5)34-20-17-29(21-33(24)34)35(40)38-22-26-13-18-30(19-14-26)45(6,42)43;1-18-19(2)30(26-15-14-22(27(31)32)16-25(18)26)17-20-10-12-21(13-11-20)23-8-6-7-9-24(23)28(33)34-29(3,4)5;1-12(10,11)8-4-2-7(6-9)3-5-8/h7-21H,22-23H2,1-6H3,(H,38,40);6-16H,17H2,1-5H3,(H,31,32);2-5H,6,9H2,1H3. The molecule has 472 valence electrons. The van der Waals surface area contributed by atoms with Gasteiger partial charge in [-0.15, -0.1) is 0 Å². The first kappa shape index (κ1) is 67.5. The lowest BCUT2D eigenvalue weighted by atomic mass is 9.98. The van der Waals surface area contributed by atoms with Crippen LogP contribution in [0.5, 0.6) is 0 Å². The highest BCUT2D eigenvalue weighted by molar-refractivity contribution is 7.91. The third-order valence-corrected chi connectivity index (χ3v) is 17.7. The number of nitrogens with two attached hydrogens (primary N) is 1. The molecule has 8 aromatic carbocycles. The number of esters is 2. The van der Waals surface area contributed by atoms with Crippen molar-refractivity contribution in [2.45, 2.75) is 116 Å². The van der Waals surface area contributed by atoms with Crippen molar-refractivity contribution in [3.05, 3.63) is 249 Å². The molecule has 0 aliphatic carbocycles. The largest absolute Gasteiger partial charge is 0.478 e. The van der Waals surface area contributed by atoms with E-state index in [9.17, 15) is 41.1 Å². The molecule has 0 bridgehead atoms. The zero-order valence-electron chi connectivity index (χ0n) is 53.5. The van der Waals surface area contributed by atoms with E-state index in [2.05, 4.69) is 59.5 Å². The minimum absolute atomic E-state index is 0.198. The van der Waals surface area contributed by atoms with Gasteiger partial charge in [0.2, 0.25) is 0 Å². The minimum Gasteiger partial charge on any atom is -0.478 e. The summed E-state index contributed by atoms with van der Waals surface area (Å²) in [4.78, 5) is 50.6. The predicted molar refractivity (Wildman–Crippen MR) is 360 cm³/mol. The van der Waals surface area contributed by atoms with Gasteiger partial charge in [0, 0.05) is 77.4 Å². The van der Waals surface area contributed by atoms with E-state index in [0.29, 0.717) is 46.8 Å². The molecule has 91 heavy (non-hydrogen) atoms. The first-order valence-electron chi connectivity index (χ1n) is 29.6. The lowest BCUT2D eigenvalue weighted by molar-refractivity contribution is 0.00578. The van der Waals surface area contributed by atoms with Gasteiger partial charge in [-0.25, -0.2) is 31.2 Å². The summed E-state index contributed by atoms with van der Waals surface area (Å²) in [6, 6.07) is 55.5. The van der Waals surface area contributed by atoms with Crippen LogP contribution in [0.25, 0.3) is 44.1 Å². The zero-order valence-corrected chi connectivity index (χ0v) is 55.1. The molecular weight excluding hydrogens is 1180 g/mol. The lowest BCUT2D eigenvalue weighted by Crippen LogP contribution is -2.24. The number of hydrogen-bond acceptors (Lipinski definition) is 11. The van der Waals surface area contributed by atoms with Crippen molar-refractivity contribution in [1.29, 1.82) is 0 Å². The van der Waals surface area contributed by atoms with Crippen LogP contribution in [0, 0.1) is 27.7 Å². The SMILES string of the molecule is CS(=O)(=O)c1ccc(CN)cc1.Cc1c(C)n(Cc2ccc(-c3ccccc3C(=O)OC(C)(C)C)cc2)c2ccc(C(=O)NCc3ccc(S(C)(=O)=O)cc3)cc12.Cc1c(C)n(Cc2ccc(-c3ccccc3C(=O)OC(C)(C)C)cc2)c2ccc(C(=O)O)cc12. The Bertz CT molecular complexity index is 4570. The third kappa shape index (κ3) is 16.9. The molecule has 15 nitrogen and oxygen atoms in total. The van der Waals surface area contributed by atoms with Gasteiger partial charge in [-0.1, -0.05) is 109 Å². The average molecular weight is 1260 g/mol. The van der Waals surface area contributed by atoms with Gasteiger partial charge in [0.1, 0.15) is 11.2 Å². The molecule has 0 saturated carbocycles. The number of hydrogen-bond donors (Lipinski definition) is 3. The first-order valence-corrected chi connectivity index (χ1v) is 33.4. The smallest absolute Gasteiger partial charge is 0.339 e. The molecule has 0 radical (unpaired) electrons. The molecule has 2 aromatic heterocycles. The molecule has 0 unspecified atom stereocenters. The molecule has 0 fully saturated rings. The molecule has 0 saturated heterocycles. The second-order valence-electron chi connectivity index (χ2n) is 24.6. The zero-order chi connectivity index (χ0) is 66.3. The minimum atomic E-state index is -3.27. The van der Waals surface area contributed by atoms with E-state index in [-0.39, 0.29) is 29.3 Å². The predicted octanol–water partition coefficient (Wildman–Crippen LogP) is 14.4. The average Bonchev–Trinajstić information content (AvgIpc) is 1.74. The maximum Gasteiger partial charge on any atom is 0.339 e. The van der Waals surface area contributed by atoms with Gasteiger partial charge in [-0.2, -0.15) is 0 Å². The summed E-state index contributed by atoms with van der Waals surface area (Å²) < 4.78 is 61.1. The van der Waals surface area contributed by atoms with Gasteiger partial charge in [0.15, 0.2) is 19.7 Å².